The van der Waals surface area contributed by atoms with E-state index in [2.05, 4.69) is 25.5 Å². The van der Waals surface area contributed by atoms with E-state index in [4.69, 9.17) is 16.3 Å². The number of methoxy groups -OCH3 is 1. The quantitative estimate of drug-likeness (QED) is 0.355. The third-order valence-corrected chi connectivity index (χ3v) is 6.62. The number of thioether (sulfide) groups is 1. The molecule has 0 spiro atoms. The summed E-state index contributed by atoms with van der Waals surface area (Å²) in [5, 5.41) is 22.2. The predicted molar refractivity (Wildman–Crippen MR) is 119 cm³/mol. The van der Waals surface area contributed by atoms with Crippen molar-refractivity contribution in [2.45, 2.75) is 10.6 Å². The average molecular weight is 455 g/mol. The molecule has 3 aromatic heterocycles. The molecule has 0 unspecified atom stereocenters. The van der Waals surface area contributed by atoms with E-state index in [1.807, 2.05) is 54.6 Å². The SMILES string of the molecule is COc1ccc(-c2cc(-c3nn4c(CSc5ccc(Cl)cc5)nnc4s3)[nH]n2)cc1. The average Bonchev–Trinajstić information content (AvgIpc) is 3.49. The summed E-state index contributed by atoms with van der Waals surface area (Å²) < 4.78 is 7.00. The fraction of sp³-hybridized carbons (Fsp3) is 0.100. The van der Waals surface area contributed by atoms with Crippen LogP contribution in [0.2, 0.25) is 5.02 Å². The minimum atomic E-state index is 0.659. The van der Waals surface area contributed by atoms with Crippen molar-refractivity contribution in [2.24, 2.45) is 0 Å². The summed E-state index contributed by atoms with van der Waals surface area (Å²) in [5.74, 6) is 2.26. The van der Waals surface area contributed by atoms with E-state index in [0.29, 0.717) is 5.75 Å². The second-order valence-electron chi connectivity index (χ2n) is 6.36. The van der Waals surface area contributed by atoms with Crippen molar-refractivity contribution in [3.63, 3.8) is 0 Å². The largest absolute Gasteiger partial charge is 0.497 e. The maximum atomic E-state index is 5.95. The lowest BCUT2D eigenvalue weighted by Gasteiger charge is -2.00. The second kappa shape index (κ2) is 8.10. The minimum Gasteiger partial charge on any atom is -0.497 e. The molecule has 2 aromatic carbocycles. The zero-order valence-electron chi connectivity index (χ0n) is 15.7. The van der Waals surface area contributed by atoms with Gasteiger partial charge in [-0.05, 0) is 54.6 Å². The van der Waals surface area contributed by atoms with Gasteiger partial charge in [-0.15, -0.1) is 22.0 Å². The van der Waals surface area contributed by atoms with Crippen molar-refractivity contribution in [3.8, 4) is 27.7 Å². The highest BCUT2D eigenvalue weighted by Gasteiger charge is 2.15. The van der Waals surface area contributed by atoms with Crippen LogP contribution in [0.1, 0.15) is 5.82 Å². The highest BCUT2D eigenvalue weighted by molar-refractivity contribution is 7.98. The van der Waals surface area contributed by atoms with Crippen LogP contribution in [0.25, 0.3) is 26.9 Å². The number of hydrogen-bond acceptors (Lipinski definition) is 7. The topological polar surface area (TPSA) is 81.0 Å². The molecule has 0 aliphatic carbocycles. The fourth-order valence-corrected chi connectivity index (χ4v) is 4.63. The van der Waals surface area contributed by atoms with Gasteiger partial charge in [0.25, 0.3) is 0 Å². The molecule has 0 aliphatic heterocycles. The van der Waals surface area contributed by atoms with Gasteiger partial charge in [0.2, 0.25) is 4.96 Å². The Balaban J connectivity index is 1.36. The number of aromatic nitrogens is 6. The standard InChI is InChI=1S/C20H15ClN6OS2/c1-28-14-6-2-12(3-7-14)16-10-17(23-22-16)19-26-27-18(24-25-20(27)30-19)11-29-15-8-4-13(21)5-9-15/h2-10H,11H2,1H3,(H,22,23). The molecular weight excluding hydrogens is 440 g/mol. The molecule has 0 radical (unpaired) electrons. The number of nitrogens with zero attached hydrogens (tertiary/aromatic N) is 5. The van der Waals surface area contributed by atoms with Crippen LogP contribution in [-0.2, 0) is 5.75 Å². The normalized spacial score (nSPS) is 11.3. The highest BCUT2D eigenvalue weighted by atomic mass is 35.5. The van der Waals surface area contributed by atoms with Gasteiger partial charge in [-0.1, -0.05) is 22.9 Å². The lowest BCUT2D eigenvalue weighted by molar-refractivity contribution is 0.415. The maximum absolute atomic E-state index is 5.95. The lowest BCUT2D eigenvalue weighted by Crippen LogP contribution is -1.94. The smallest absolute Gasteiger partial charge is 0.235 e. The molecule has 0 bridgehead atoms. The number of ether oxygens (including phenoxy) is 1. The molecule has 0 saturated heterocycles. The van der Waals surface area contributed by atoms with Crippen LogP contribution >= 0.6 is 34.7 Å². The van der Waals surface area contributed by atoms with E-state index in [0.717, 1.165) is 48.4 Å². The Labute approximate surface area is 185 Å². The van der Waals surface area contributed by atoms with E-state index in [-0.39, 0.29) is 0 Å². The van der Waals surface area contributed by atoms with Gasteiger partial charge in [-0.2, -0.15) is 14.7 Å². The number of rotatable bonds is 6. The summed E-state index contributed by atoms with van der Waals surface area (Å²) in [4.78, 5) is 1.86. The number of H-pyrrole nitrogens is 1. The molecule has 30 heavy (non-hydrogen) atoms. The third kappa shape index (κ3) is 3.79. The molecule has 0 atom stereocenters. The lowest BCUT2D eigenvalue weighted by atomic mass is 10.1. The summed E-state index contributed by atoms with van der Waals surface area (Å²) in [6.07, 6.45) is 0. The molecule has 5 aromatic rings. The molecule has 5 rings (SSSR count). The van der Waals surface area contributed by atoms with Gasteiger partial charge < -0.3 is 4.74 Å². The molecule has 1 N–H and O–H groups in total. The monoisotopic (exact) mass is 454 g/mol. The molecule has 0 aliphatic rings. The first-order chi connectivity index (χ1) is 14.7. The molecule has 10 heteroatoms. The Morgan fingerprint density at radius 2 is 1.90 bits per heavy atom. The maximum Gasteiger partial charge on any atom is 0.235 e. The first kappa shape index (κ1) is 19.1. The van der Waals surface area contributed by atoms with Crippen LogP contribution in [0.5, 0.6) is 5.75 Å². The van der Waals surface area contributed by atoms with E-state index in [9.17, 15) is 0 Å². The van der Waals surface area contributed by atoms with Crippen molar-refractivity contribution in [1.82, 2.24) is 30.0 Å². The van der Waals surface area contributed by atoms with Gasteiger partial charge in [-0.25, -0.2) is 0 Å². The Morgan fingerprint density at radius 3 is 2.67 bits per heavy atom. The van der Waals surface area contributed by atoms with Gasteiger partial charge in [0, 0.05) is 15.5 Å². The summed E-state index contributed by atoms with van der Waals surface area (Å²) in [6, 6.07) is 17.5. The van der Waals surface area contributed by atoms with Gasteiger partial charge in [0.05, 0.1) is 24.3 Å². The van der Waals surface area contributed by atoms with E-state index < -0.39 is 0 Å². The van der Waals surface area contributed by atoms with Crippen LogP contribution in [0.15, 0.2) is 59.5 Å². The number of halogens is 1. The van der Waals surface area contributed by atoms with Gasteiger partial charge in [0.15, 0.2) is 10.8 Å². The van der Waals surface area contributed by atoms with Crippen molar-refractivity contribution in [2.75, 3.05) is 7.11 Å². The highest BCUT2D eigenvalue weighted by Crippen LogP contribution is 2.29. The molecule has 150 valence electrons. The van der Waals surface area contributed by atoms with Crippen LogP contribution < -0.4 is 4.74 Å². The third-order valence-electron chi connectivity index (χ3n) is 4.43. The van der Waals surface area contributed by atoms with E-state index >= 15 is 0 Å². The number of benzene rings is 2. The van der Waals surface area contributed by atoms with Crippen molar-refractivity contribution < 1.29 is 4.74 Å². The molecular formula is C20H15ClN6OS2. The van der Waals surface area contributed by atoms with Crippen molar-refractivity contribution in [1.29, 1.82) is 0 Å². The fourth-order valence-electron chi connectivity index (χ4n) is 2.88. The van der Waals surface area contributed by atoms with Crippen molar-refractivity contribution in [3.05, 3.63) is 65.4 Å². The van der Waals surface area contributed by atoms with E-state index in [1.165, 1.54) is 11.3 Å². The summed E-state index contributed by atoms with van der Waals surface area (Å²) in [6.45, 7) is 0. The zero-order valence-corrected chi connectivity index (χ0v) is 18.1. The van der Waals surface area contributed by atoms with Crippen LogP contribution in [0.4, 0.5) is 0 Å². The number of aromatic amines is 1. The summed E-state index contributed by atoms with van der Waals surface area (Å²) >= 11 is 9.08. The van der Waals surface area contributed by atoms with Gasteiger partial charge in [0.1, 0.15) is 5.75 Å². The molecule has 0 fully saturated rings. The Hall–Kier alpha value is -2.88. The first-order valence-electron chi connectivity index (χ1n) is 8.99. The Morgan fingerprint density at radius 1 is 1.10 bits per heavy atom. The Kier molecular flexibility index (Phi) is 5.16. The van der Waals surface area contributed by atoms with Crippen LogP contribution in [0, 0.1) is 0 Å². The van der Waals surface area contributed by atoms with Crippen LogP contribution in [-0.4, -0.2) is 37.1 Å². The second-order valence-corrected chi connectivity index (χ2v) is 8.80. The van der Waals surface area contributed by atoms with Crippen molar-refractivity contribution >= 4 is 39.7 Å². The molecule has 0 saturated carbocycles. The van der Waals surface area contributed by atoms with Gasteiger partial charge in [-0.3, -0.25) is 5.10 Å². The molecule has 3 heterocycles. The molecule has 0 amide bonds. The zero-order chi connectivity index (χ0) is 20.5. The van der Waals surface area contributed by atoms with E-state index in [1.54, 1.807) is 23.4 Å². The Bertz CT molecular complexity index is 1290. The first-order valence-corrected chi connectivity index (χ1v) is 11.2. The molecule has 7 nitrogen and oxygen atoms in total. The number of nitrogens with one attached hydrogen (secondary N) is 1. The predicted octanol–water partition coefficient (Wildman–Crippen LogP) is 5.20. The number of fused-ring (bicyclic) bond motifs is 1. The number of hydrogen-bond donors (Lipinski definition) is 1. The summed E-state index contributed by atoms with van der Waals surface area (Å²) in [7, 11) is 1.65. The minimum absolute atomic E-state index is 0.659. The summed E-state index contributed by atoms with van der Waals surface area (Å²) in [5.41, 5.74) is 2.69. The van der Waals surface area contributed by atoms with Crippen LogP contribution in [0.3, 0.4) is 0 Å². The van der Waals surface area contributed by atoms with Gasteiger partial charge >= 0.3 is 0 Å².